The lowest BCUT2D eigenvalue weighted by Gasteiger charge is -2.25. The number of rotatable bonds is 6. The summed E-state index contributed by atoms with van der Waals surface area (Å²) in [5.74, 6) is -0.293. The molecule has 3 aromatic rings. The van der Waals surface area contributed by atoms with Crippen molar-refractivity contribution in [1.29, 1.82) is 0 Å². The van der Waals surface area contributed by atoms with Gasteiger partial charge < -0.3 is 14.1 Å². The quantitative estimate of drug-likeness (QED) is 0.242. The van der Waals surface area contributed by atoms with E-state index in [0.29, 0.717) is 11.0 Å². The summed E-state index contributed by atoms with van der Waals surface area (Å²) in [7, 11) is 1.34. The molecule has 2 aromatic heterocycles. The van der Waals surface area contributed by atoms with E-state index in [1.165, 1.54) is 19.2 Å². The van der Waals surface area contributed by atoms with Crippen LogP contribution in [-0.2, 0) is 12.7 Å². The Bertz CT molecular complexity index is 1190. The molecule has 0 fully saturated rings. The van der Waals surface area contributed by atoms with Gasteiger partial charge >= 0.3 is 12.4 Å². The third-order valence-electron chi connectivity index (χ3n) is 4.16. The summed E-state index contributed by atoms with van der Waals surface area (Å²) in [6.07, 6.45) is -9.69. The van der Waals surface area contributed by atoms with Crippen LogP contribution in [0.5, 0.6) is 5.88 Å². The first kappa shape index (κ1) is 24.1. The van der Waals surface area contributed by atoms with Crippen LogP contribution in [0, 0.1) is 6.57 Å². The van der Waals surface area contributed by atoms with Crippen molar-refractivity contribution in [2.24, 2.45) is 0 Å². The summed E-state index contributed by atoms with van der Waals surface area (Å²) in [6, 6.07) is 5.02. The fourth-order valence-corrected chi connectivity index (χ4v) is 3.00. The van der Waals surface area contributed by atoms with E-state index in [1.54, 1.807) is 0 Å². The largest absolute Gasteiger partial charge is 0.481 e. The molecule has 0 saturated heterocycles. The predicted molar refractivity (Wildman–Crippen MR) is 104 cm³/mol. The monoisotopic (exact) mass is 491 g/mol. The summed E-state index contributed by atoms with van der Waals surface area (Å²) in [4.78, 5) is 7.22. The SMILES string of the molecule is [C-]#[N+]c1ccc(N(Cc2nnc(-c3cc(Cl)nc(OC)c3)o2)CC(F)(F)F)cc1C(F)(F)F. The Hall–Kier alpha value is -3.53. The molecule has 0 radical (unpaired) electrons. The molecular weight excluding hydrogens is 480 g/mol. The second kappa shape index (κ2) is 9.14. The van der Waals surface area contributed by atoms with Gasteiger partial charge in [0.1, 0.15) is 11.7 Å². The molecule has 14 heteroatoms. The number of hydrogen-bond acceptors (Lipinski definition) is 6. The topological polar surface area (TPSA) is 68.6 Å². The predicted octanol–water partition coefficient (Wildman–Crippen LogP) is 5.93. The Morgan fingerprint density at radius 1 is 1.12 bits per heavy atom. The maximum absolute atomic E-state index is 13.3. The van der Waals surface area contributed by atoms with Gasteiger partial charge in [-0.15, -0.1) is 10.2 Å². The van der Waals surface area contributed by atoms with Crippen LogP contribution in [0.3, 0.4) is 0 Å². The highest BCUT2D eigenvalue weighted by molar-refractivity contribution is 6.29. The minimum Gasteiger partial charge on any atom is -0.481 e. The molecule has 0 amide bonds. The van der Waals surface area contributed by atoms with E-state index in [9.17, 15) is 26.3 Å². The Balaban J connectivity index is 1.96. The van der Waals surface area contributed by atoms with Crippen LogP contribution in [0.4, 0.5) is 37.7 Å². The average molecular weight is 492 g/mol. The van der Waals surface area contributed by atoms with Crippen molar-refractivity contribution >= 4 is 23.0 Å². The molecule has 0 aliphatic rings. The number of halogens is 7. The number of nitrogens with zero attached hydrogens (tertiary/aromatic N) is 5. The molecule has 0 saturated carbocycles. The van der Waals surface area contributed by atoms with E-state index in [-0.39, 0.29) is 28.4 Å². The first-order chi connectivity index (χ1) is 15.4. The van der Waals surface area contributed by atoms with Gasteiger partial charge in [0.15, 0.2) is 5.69 Å². The molecule has 0 bridgehead atoms. The van der Waals surface area contributed by atoms with Crippen molar-refractivity contribution < 1.29 is 35.5 Å². The lowest BCUT2D eigenvalue weighted by atomic mass is 10.1. The van der Waals surface area contributed by atoms with Crippen LogP contribution >= 0.6 is 11.6 Å². The number of anilines is 1. The van der Waals surface area contributed by atoms with E-state index >= 15 is 0 Å². The minimum absolute atomic E-state index is 0.0300. The summed E-state index contributed by atoms with van der Waals surface area (Å²) in [5, 5.41) is 7.45. The van der Waals surface area contributed by atoms with Crippen molar-refractivity contribution in [1.82, 2.24) is 15.2 Å². The third kappa shape index (κ3) is 6.04. The van der Waals surface area contributed by atoms with Gasteiger partial charge in [0.05, 0.1) is 25.8 Å². The highest BCUT2D eigenvalue weighted by atomic mass is 35.5. The second-order valence-corrected chi connectivity index (χ2v) is 6.89. The fourth-order valence-electron chi connectivity index (χ4n) is 2.80. The normalized spacial score (nSPS) is 11.8. The number of benzene rings is 1. The number of alkyl halides is 6. The Morgan fingerprint density at radius 3 is 2.45 bits per heavy atom. The number of hydrogen-bond donors (Lipinski definition) is 0. The number of ether oxygens (including phenoxy) is 1. The first-order valence-electron chi connectivity index (χ1n) is 8.84. The van der Waals surface area contributed by atoms with Gasteiger partial charge in [-0.1, -0.05) is 17.7 Å². The van der Waals surface area contributed by atoms with E-state index in [0.717, 1.165) is 12.1 Å². The number of methoxy groups -OCH3 is 1. The average Bonchev–Trinajstić information content (AvgIpc) is 3.19. The van der Waals surface area contributed by atoms with Gasteiger partial charge in [-0.3, -0.25) is 0 Å². The summed E-state index contributed by atoms with van der Waals surface area (Å²) >= 11 is 5.87. The molecule has 0 unspecified atom stereocenters. The van der Waals surface area contributed by atoms with Crippen molar-refractivity contribution in [3.05, 3.63) is 58.4 Å². The van der Waals surface area contributed by atoms with Crippen molar-refractivity contribution in [3.63, 3.8) is 0 Å². The molecule has 0 aliphatic carbocycles. The summed E-state index contributed by atoms with van der Waals surface area (Å²) < 4.78 is 89.7. The van der Waals surface area contributed by atoms with E-state index in [1.807, 2.05) is 0 Å². The third-order valence-corrected chi connectivity index (χ3v) is 4.35. The van der Waals surface area contributed by atoms with Crippen LogP contribution in [-0.4, -0.2) is 35.0 Å². The van der Waals surface area contributed by atoms with Gasteiger partial charge in [0.2, 0.25) is 17.7 Å². The molecule has 0 N–H and O–H groups in total. The van der Waals surface area contributed by atoms with E-state index < -0.39 is 42.4 Å². The highest BCUT2D eigenvalue weighted by Gasteiger charge is 2.36. The molecule has 0 atom stereocenters. The second-order valence-electron chi connectivity index (χ2n) is 6.50. The molecule has 0 spiro atoms. The van der Waals surface area contributed by atoms with E-state index in [2.05, 4.69) is 20.0 Å². The zero-order chi connectivity index (χ0) is 24.4. The van der Waals surface area contributed by atoms with Crippen LogP contribution in [0.15, 0.2) is 34.7 Å². The molecule has 2 heterocycles. The minimum atomic E-state index is -4.93. The zero-order valence-electron chi connectivity index (χ0n) is 16.5. The summed E-state index contributed by atoms with van der Waals surface area (Å²) in [5.41, 5.74) is -2.25. The zero-order valence-corrected chi connectivity index (χ0v) is 17.3. The van der Waals surface area contributed by atoms with Crippen LogP contribution in [0.25, 0.3) is 16.3 Å². The van der Waals surface area contributed by atoms with Crippen molar-refractivity contribution in [2.45, 2.75) is 18.9 Å². The molecule has 3 rings (SSSR count). The van der Waals surface area contributed by atoms with Crippen molar-refractivity contribution in [3.8, 4) is 17.3 Å². The van der Waals surface area contributed by atoms with Crippen LogP contribution < -0.4 is 9.64 Å². The maximum atomic E-state index is 13.3. The van der Waals surface area contributed by atoms with Gasteiger partial charge in [-0.05, 0) is 18.2 Å². The smallest absolute Gasteiger partial charge is 0.407 e. The molecule has 7 nitrogen and oxygen atoms in total. The number of aromatic nitrogens is 3. The molecule has 1 aromatic carbocycles. The van der Waals surface area contributed by atoms with Gasteiger partial charge in [0, 0.05) is 17.3 Å². The maximum Gasteiger partial charge on any atom is 0.407 e. The molecule has 33 heavy (non-hydrogen) atoms. The van der Waals surface area contributed by atoms with Crippen LogP contribution in [0.1, 0.15) is 11.5 Å². The van der Waals surface area contributed by atoms with Crippen LogP contribution in [0.2, 0.25) is 5.15 Å². The molecular formula is C19H12ClF6N5O2. The molecule has 0 aliphatic heterocycles. The first-order valence-corrected chi connectivity index (χ1v) is 9.22. The lowest BCUT2D eigenvalue weighted by molar-refractivity contribution is -0.136. The van der Waals surface area contributed by atoms with E-state index in [4.69, 9.17) is 27.3 Å². The van der Waals surface area contributed by atoms with Crippen molar-refractivity contribution in [2.75, 3.05) is 18.6 Å². The Kier molecular flexibility index (Phi) is 6.68. The standard InChI is InChI=1S/C19H12ClF6N5O2/c1-27-13-4-3-11(7-12(13)19(24,25)26)31(9-18(21,22)23)8-16-29-30-17(33-16)10-5-14(20)28-15(6-10)32-2/h3-7H,8-9H2,2H3. The van der Waals surface area contributed by atoms with Gasteiger partial charge in [0.25, 0.3) is 0 Å². The Morgan fingerprint density at radius 2 is 1.85 bits per heavy atom. The Labute approximate surface area is 187 Å². The van der Waals surface area contributed by atoms with Gasteiger partial charge in [-0.25, -0.2) is 9.83 Å². The summed E-state index contributed by atoms with van der Waals surface area (Å²) in [6.45, 7) is 4.61. The lowest BCUT2D eigenvalue weighted by Crippen LogP contribution is -2.34. The van der Waals surface area contributed by atoms with Gasteiger partial charge in [-0.2, -0.15) is 26.3 Å². The number of pyridine rings is 1. The fraction of sp³-hybridized carbons (Fsp3) is 0.263. The highest BCUT2D eigenvalue weighted by Crippen LogP contribution is 2.39. The molecule has 174 valence electrons.